The van der Waals surface area contributed by atoms with Gasteiger partial charge in [-0.3, -0.25) is 0 Å². The number of anilines is 1. The van der Waals surface area contributed by atoms with Gasteiger partial charge in [0.1, 0.15) is 0 Å². The maximum atomic E-state index is 5.07. The van der Waals surface area contributed by atoms with E-state index in [1.54, 1.807) is 6.08 Å². The smallest absolute Gasteiger partial charge is 0.0855 e. The molecule has 3 N–H and O–H groups in total. The van der Waals surface area contributed by atoms with Crippen molar-refractivity contribution >= 4 is 29.7 Å². The van der Waals surface area contributed by atoms with Gasteiger partial charge in [-0.2, -0.15) is 0 Å². The van der Waals surface area contributed by atoms with E-state index < -0.39 is 0 Å². The van der Waals surface area contributed by atoms with Crippen molar-refractivity contribution in [3.63, 3.8) is 0 Å². The van der Waals surface area contributed by atoms with Gasteiger partial charge in [0.15, 0.2) is 0 Å². The molecule has 164 valence electrons. The number of nitrogens with one attached hydrogen (secondary N) is 1. The molecule has 1 aromatic rings. The highest BCUT2D eigenvalue weighted by Crippen LogP contribution is 2.20. The van der Waals surface area contributed by atoms with E-state index in [1.165, 1.54) is 23.2 Å². The van der Waals surface area contributed by atoms with E-state index in [4.69, 9.17) is 17.3 Å². The number of aliphatic imine (C=N–C) groups is 1. The fourth-order valence-corrected chi connectivity index (χ4v) is 2.34. The van der Waals surface area contributed by atoms with Crippen LogP contribution in [0.4, 0.5) is 5.69 Å². The topological polar surface area (TPSA) is 53.6 Å². The molecule has 1 aromatic carbocycles. The minimum Gasteiger partial charge on any atom is -0.390 e. The second kappa shape index (κ2) is 20.7. The van der Waals surface area contributed by atoms with Gasteiger partial charge >= 0.3 is 0 Å². The van der Waals surface area contributed by atoms with Crippen molar-refractivity contribution in [3.8, 4) is 0 Å². The Bertz CT molecular complexity index is 615. The molecular weight excluding hydrogens is 380 g/mol. The molecule has 0 spiro atoms. The molecule has 29 heavy (non-hydrogen) atoms. The van der Waals surface area contributed by atoms with Crippen LogP contribution in [0.1, 0.15) is 45.7 Å². The summed E-state index contributed by atoms with van der Waals surface area (Å²) in [6.45, 7) is 19.8. The van der Waals surface area contributed by atoms with Crippen LogP contribution in [0.15, 0.2) is 53.7 Å². The number of piperazine rings is 1. The van der Waals surface area contributed by atoms with Crippen molar-refractivity contribution in [3.05, 3.63) is 59.8 Å². The van der Waals surface area contributed by atoms with E-state index in [0.29, 0.717) is 5.88 Å². The van der Waals surface area contributed by atoms with Crippen molar-refractivity contribution in [1.82, 2.24) is 5.32 Å². The highest BCUT2D eigenvalue weighted by atomic mass is 35.5. The molecule has 1 heterocycles. The number of allylic oxidation sites excluding steroid dienone is 4. The molecule has 0 aliphatic carbocycles. The fourth-order valence-electron chi connectivity index (χ4n) is 2.34. The maximum absolute atomic E-state index is 5.07. The van der Waals surface area contributed by atoms with Crippen LogP contribution in [0.25, 0.3) is 6.08 Å². The molecule has 2 rings (SSSR count). The second-order valence-electron chi connectivity index (χ2n) is 5.93. The fraction of sp³-hybridized carbons (Fsp3) is 0.458. The lowest BCUT2D eigenvalue weighted by molar-refractivity contribution is 0.589. The van der Waals surface area contributed by atoms with Crippen molar-refractivity contribution in [2.45, 2.75) is 41.5 Å². The van der Waals surface area contributed by atoms with Crippen molar-refractivity contribution < 1.29 is 0 Å². The molecule has 4 nitrogen and oxygen atoms in total. The van der Waals surface area contributed by atoms with Crippen LogP contribution in [-0.2, 0) is 0 Å². The number of halogens is 1. The van der Waals surface area contributed by atoms with E-state index >= 15 is 0 Å². The first-order valence-corrected chi connectivity index (χ1v) is 10.8. The molecule has 0 bridgehead atoms. The monoisotopic (exact) mass is 420 g/mol. The zero-order valence-electron chi connectivity index (χ0n) is 19.2. The highest BCUT2D eigenvalue weighted by molar-refractivity contribution is 6.18. The molecule has 5 heteroatoms. The first-order chi connectivity index (χ1) is 14.0. The van der Waals surface area contributed by atoms with Crippen LogP contribution >= 0.6 is 11.6 Å². The lowest BCUT2D eigenvalue weighted by atomic mass is 10.1. The largest absolute Gasteiger partial charge is 0.390 e. The van der Waals surface area contributed by atoms with Crippen LogP contribution in [0.5, 0.6) is 0 Å². The Morgan fingerprint density at radius 1 is 1.28 bits per heavy atom. The number of benzene rings is 1. The zero-order valence-corrected chi connectivity index (χ0v) is 20.0. The molecule has 0 radical (unpaired) electrons. The highest BCUT2D eigenvalue weighted by Gasteiger charge is 2.10. The van der Waals surface area contributed by atoms with Crippen molar-refractivity contribution in [1.29, 1.82) is 0 Å². The predicted molar refractivity (Wildman–Crippen MR) is 135 cm³/mol. The second-order valence-corrected chi connectivity index (χ2v) is 6.24. The molecule has 1 aliphatic rings. The summed E-state index contributed by atoms with van der Waals surface area (Å²) in [6, 6.07) is 6.74. The number of alkyl halides is 1. The molecule has 0 unspecified atom stereocenters. The lowest BCUT2D eigenvalue weighted by Crippen LogP contribution is -2.43. The molecule has 0 atom stereocenters. The summed E-state index contributed by atoms with van der Waals surface area (Å²) in [5.41, 5.74) is 9.95. The van der Waals surface area contributed by atoms with Gasteiger partial charge in [-0.15, -0.1) is 18.2 Å². The summed E-state index contributed by atoms with van der Waals surface area (Å²) in [5.74, 6) is 0.556. The number of nitrogens with zero attached hydrogens (tertiary/aromatic N) is 2. The third-order valence-electron chi connectivity index (χ3n) is 3.89. The molecular formula is C24H41ClN4. The molecule has 0 saturated carbocycles. The summed E-state index contributed by atoms with van der Waals surface area (Å²) in [6.07, 6.45) is 9.07. The number of aryl methyl sites for hydroxylation is 1. The minimum absolute atomic E-state index is 0.556. The Hall–Kier alpha value is -2.04. The summed E-state index contributed by atoms with van der Waals surface area (Å²) >= 11 is 5.07. The lowest BCUT2D eigenvalue weighted by Gasteiger charge is -2.29. The predicted octanol–water partition coefficient (Wildman–Crippen LogP) is 5.77. The Kier molecular flexibility index (Phi) is 20.8. The minimum atomic E-state index is 0.556. The third kappa shape index (κ3) is 14.6. The van der Waals surface area contributed by atoms with Crippen LogP contribution in [0, 0.1) is 6.92 Å². The van der Waals surface area contributed by atoms with E-state index in [0.717, 1.165) is 31.9 Å². The van der Waals surface area contributed by atoms with Gasteiger partial charge in [-0.05, 0) is 51.0 Å². The Labute approximate surface area is 184 Å². The number of hydrogen-bond acceptors (Lipinski definition) is 3. The molecule has 1 fully saturated rings. The van der Waals surface area contributed by atoms with E-state index in [1.807, 2.05) is 33.8 Å². The summed E-state index contributed by atoms with van der Waals surface area (Å²) < 4.78 is 0. The van der Waals surface area contributed by atoms with Gasteiger partial charge in [0.2, 0.25) is 0 Å². The van der Waals surface area contributed by atoms with E-state index in [-0.39, 0.29) is 0 Å². The molecule has 1 saturated heterocycles. The maximum Gasteiger partial charge on any atom is 0.0855 e. The van der Waals surface area contributed by atoms with Crippen LogP contribution in [0.3, 0.4) is 0 Å². The van der Waals surface area contributed by atoms with E-state index in [2.05, 4.69) is 66.0 Å². The van der Waals surface area contributed by atoms with E-state index in [9.17, 15) is 0 Å². The Morgan fingerprint density at radius 3 is 2.24 bits per heavy atom. The molecule has 0 aromatic heterocycles. The quantitative estimate of drug-likeness (QED) is 0.281. The van der Waals surface area contributed by atoms with Crippen LogP contribution < -0.4 is 16.0 Å². The average molecular weight is 421 g/mol. The number of hydrogen-bond donors (Lipinski definition) is 2. The summed E-state index contributed by atoms with van der Waals surface area (Å²) in [5, 5.41) is 3.38. The van der Waals surface area contributed by atoms with Gasteiger partial charge in [0.25, 0.3) is 0 Å². The van der Waals surface area contributed by atoms with Crippen LogP contribution in [-0.4, -0.2) is 38.4 Å². The summed E-state index contributed by atoms with van der Waals surface area (Å²) in [7, 11) is 0. The van der Waals surface area contributed by atoms with Crippen LogP contribution in [0.2, 0.25) is 0 Å². The summed E-state index contributed by atoms with van der Waals surface area (Å²) in [4.78, 5) is 6.20. The first-order valence-electron chi connectivity index (χ1n) is 10.3. The normalized spacial score (nSPS) is 13.6. The SMILES string of the molecule is C/C=C(\C)N=CN.C/C=C/c1ccc(N2CCNCC2)cc1C.C=CCCl.CC. The van der Waals surface area contributed by atoms with Gasteiger partial charge in [0.05, 0.1) is 6.34 Å². The number of nitrogens with two attached hydrogens (primary N) is 1. The van der Waals surface area contributed by atoms with Crippen molar-refractivity contribution in [2.24, 2.45) is 10.7 Å². The third-order valence-corrected chi connectivity index (χ3v) is 4.11. The van der Waals surface area contributed by atoms with Gasteiger partial charge in [0, 0.05) is 43.4 Å². The van der Waals surface area contributed by atoms with Gasteiger partial charge in [-0.1, -0.05) is 44.2 Å². The Morgan fingerprint density at radius 2 is 1.86 bits per heavy atom. The van der Waals surface area contributed by atoms with Crippen molar-refractivity contribution in [2.75, 3.05) is 37.0 Å². The molecule has 1 aliphatic heterocycles. The number of rotatable bonds is 4. The average Bonchev–Trinajstić information content (AvgIpc) is 2.78. The zero-order chi connectivity index (χ0) is 22.5. The molecule has 0 amide bonds. The van der Waals surface area contributed by atoms with Gasteiger partial charge in [-0.25, -0.2) is 4.99 Å². The Balaban J connectivity index is 0. The van der Waals surface area contributed by atoms with Gasteiger partial charge < -0.3 is 16.0 Å². The standard InChI is InChI=1S/C14H20N2.C5H10N2.C3H5Cl.C2H6/c1-3-4-13-5-6-14(11-12(13)2)16-9-7-15-8-10-16;1-3-5(2)7-4-6;1-2-3-4;1-2/h3-6,11,15H,7-10H2,1-2H3;3-4H,1-2H3,(H2,6,7);2H,1,3H2;1-2H3/b4-3+;5-3+;;. The first kappa shape index (κ1) is 29.2.